The third-order valence-electron chi connectivity index (χ3n) is 12.8. The van der Waals surface area contributed by atoms with Gasteiger partial charge < -0.3 is 9.53 Å². The molecule has 0 aromatic heterocycles. The third kappa shape index (κ3) is 6.53. The number of allylic oxidation sites excluding steroid dienone is 1. The fourth-order valence-corrected chi connectivity index (χ4v) is 10.3. The van der Waals surface area contributed by atoms with Crippen LogP contribution in [0.2, 0.25) is 0 Å². The van der Waals surface area contributed by atoms with Gasteiger partial charge in [-0.15, -0.1) is 0 Å². The van der Waals surface area contributed by atoms with E-state index in [9.17, 15) is 9.59 Å². The molecule has 9 atom stereocenters. The molecule has 0 amide bonds. The van der Waals surface area contributed by atoms with E-state index in [-0.39, 0.29) is 12.1 Å². The zero-order chi connectivity index (χ0) is 28.2. The highest BCUT2D eigenvalue weighted by Gasteiger charge is 2.59. The Kier molecular flexibility index (Phi) is 10.5. The number of carbonyl (C=O) groups is 2. The lowest BCUT2D eigenvalue weighted by molar-refractivity contribution is -0.151. The van der Waals surface area contributed by atoms with Crippen LogP contribution in [-0.4, -0.2) is 18.4 Å². The molecule has 0 saturated heterocycles. The summed E-state index contributed by atoms with van der Waals surface area (Å²) in [6.07, 6.45) is 21.6. The van der Waals surface area contributed by atoms with Crippen LogP contribution in [0.15, 0.2) is 11.6 Å². The van der Waals surface area contributed by atoms with Gasteiger partial charge in [0.2, 0.25) is 0 Å². The number of fused-ring (bicyclic) bond motifs is 5. The Morgan fingerprint density at radius 1 is 1.03 bits per heavy atom. The second kappa shape index (κ2) is 13.2. The Bertz CT molecular complexity index is 859. The number of esters is 1. The SMILES string of the molecule is CC[C@H](CC[C@@H](C)[C@H]1CC[C@H]2[C@@H]3CC=C4CC(OC(=O)CCCCCC=O)CC[C@]4(C)[C@H]3CC[C@]12C)C(C)C. The van der Waals surface area contributed by atoms with Crippen LogP contribution in [0.4, 0.5) is 0 Å². The molecule has 3 fully saturated rings. The normalized spacial score (nSPS) is 37.3. The molecule has 4 aliphatic rings. The minimum Gasteiger partial charge on any atom is -0.462 e. The first-order valence-corrected chi connectivity index (χ1v) is 17.0. The predicted octanol–water partition coefficient (Wildman–Crippen LogP) is 9.73. The molecule has 4 aliphatic carbocycles. The molecular formula is C36H60O3. The van der Waals surface area contributed by atoms with E-state index in [1.165, 1.54) is 57.8 Å². The summed E-state index contributed by atoms with van der Waals surface area (Å²) in [5.74, 6) is 5.96. The van der Waals surface area contributed by atoms with E-state index in [0.29, 0.717) is 23.7 Å². The molecule has 1 unspecified atom stereocenters. The molecule has 4 rings (SSSR count). The highest BCUT2D eigenvalue weighted by atomic mass is 16.5. The number of rotatable bonds is 13. The summed E-state index contributed by atoms with van der Waals surface area (Å²) >= 11 is 0. The number of hydrogen-bond acceptors (Lipinski definition) is 3. The van der Waals surface area contributed by atoms with Crippen molar-refractivity contribution in [1.82, 2.24) is 0 Å². The van der Waals surface area contributed by atoms with E-state index >= 15 is 0 Å². The van der Waals surface area contributed by atoms with Gasteiger partial charge in [-0.1, -0.05) is 72.5 Å². The van der Waals surface area contributed by atoms with E-state index in [0.717, 1.165) is 79.8 Å². The van der Waals surface area contributed by atoms with Crippen molar-refractivity contribution in [2.75, 3.05) is 0 Å². The minimum absolute atomic E-state index is 0.0396. The molecule has 0 N–H and O–H groups in total. The lowest BCUT2D eigenvalue weighted by atomic mass is 9.47. The monoisotopic (exact) mass is 540 g/mol. The number of aldehydes is 1. The molecular weight excluding hydrogens is 480 g/mol. The van der Waals surface area contributed by atoms with Crippen LogP contribution >= 0.6 is 0 Å². The first kappa shape index (κ1) is 30.8. The van der Waals surface area contributed by atoms with Crippen LogP contribution in [0.25, 0.3) is 0 Å². The van der Waals surface area contributed by atoms with E-state index in [1.54, 1.807) is 5.57 Å². The average molecular weight is 541 g/mol. The molecule has 0 spiro atoms. The van der Waals surface area contributed by atoms with Crippen LogP contribution in [0.1, 0.15) is 144 Å². The number of hydrogen-bond donors (Lipinski definition) is 0. The molecule has 3 saturated carbocycles. The Hall–Kier alpha value is -1.12. The van der Waals surface area contributed by atoms with Gasteiger partial charge >= 0.3 is 5.97 Å². The first-order valence-electron chi connectivity index (χ1n) is 17.0. The van der Waals surface area contributed by atoms with Crippen molar-refractivity contribution in [1.29, 1.82) is 0 Å². The van der Waals surface area contributed by atoms with Crippen molar-refractivity contribution < 1.29 is 14.3 Å². The van der Waals surface area contributed by atoms with Gasteiger partial charge in [-0.2, -0.15) is 0 Å². The Balaban J connectivity index is 1.35. The summed E-state index contributed by atoms with van der Waals surface area (Å²) in [5, 5.41) is 0. The highest BCUT2D eigenvalue weighted by molar-refractivity contribution is 5.69. The first-order chi connectivity index (χ1) is 18.6. The lowest BCUT2D eigenvalue weighted by Gasteiger charge is -2.58. The average Bonchev–Trinajstić information content (AvgIpc) is 3.26. The standard InChI is InChI=1S/C36H60O3/c1-7-27(25(2)3)14-13-26(4)31-17-18-32-30-16-15-28-24-29(39-34(38)12-10-8-9-11-23-37)19-21-35(28,5)33(30)20-22-36(31,32)6/h15,23,25-27,29-33H,7-14,16-22,24H2,1-6H3/t26-,27-,29?,30+,31-,32+,33+,35+,36-/m1/s1. The number of ether oxygens (including phenoxy) is 1. The van der Waals surface area contributed by atoms with E-state index in [2.05, 4.69) is 47.6 Å². The second-order valence-corrected chi connectivity index (χ2v) is 15.1. The Morgan fingerprint density at radius 3 is 2.54 bits per heavy atom. The highest BCUT2D eigenvalue weighted by Crippen LogP contribution is 2.67. The summed E-state index contributed by atoms with van der Waals surface area (Å²) in [7, 11) is 0. The van der Waals surface area contributed by atoms with Gasteiger partial charge in [0.05, 0.1) is 0 Å². The largest absolute Gasteiger partial charge is 0.462 e. The maximum Gasteiger partial charge on any atom is 0.306 e. The topological polar surface area (TPSA) is 43.4 Å². The predicted molar refractivity (Wildman–Crippen MR) is 161 cm³/mol. The van der Waals surface area contributed by atoms with Crippen molar-refractivity contribution >= 4 is 12.3 Å². The molecule has 39 heavy (non-hydrogen) atoms. The fourth-order valence-electron chi connectivity index (χ4n) is 10.3. The van der Waals surface area contributed by atoms with Gasteiger partial charge in [0, 0.05) is 19.3 Å². The van der Waals surface area contributed by atoms with Gasteiger partial charge in [0.25, 0.3) is 0 Å². The van der Waals surface area contributed by atoms with Crippen LogP contribution < -0.4 is 0 Å². The Labute approximate surface area is 240 Å². The van der Waals surface area contributed by atoms with Gasteiger partial charge in [-0.25, -0.2) is 0 Å². The van der Waals surface area contributed by atoms with Crippen LogP contribution in [0, 0.1) is 52.3 Å². The molecule has 222 valence electrons. The van der Waals surface area contributed by atoms with Crippen LogP contribution in [0.5, 0.6) is 0 Å². The van der Waals surface area contributed by atoms with Crippen molar-refractivity contribution in [2.24, 2.45) is 52.3 Å². The minimum atomic E-state index is -0.0396. The molecule has 3 nitrogen and oxygen atoms in total. The van der Waals surface area contributed by atoms with Crippen molar-refractivity contribution in [2.45, 2.75) is 150 Å². The van der Waals surface area contributed by atoms with Gasteiger partial charge in [0.1, 0.15) is 12.4 Å². The van der Waals surface area contributed by atoms with Gasteiger partial charge in [-0.05, 0) is 116 Å². The van der Waals surface area contributed by atoms with Crippen LogP contribution in [0.3, 0.4) is 0 Å². The molecule has 0 aromatic rings. The molecule has 0 radical (unpaired) electrons. The van der Waals surface area contributed by atoms with Crippen LogP contribution in [-0.2, 0) is 14.3 Å². The van der Waals surface area contributed by atoms with Gasteiger partial charge in [-0.3, -0.25) is 4.79 Å². The third-order valence-corrected chi connectivity index (χ3v) is 12.8. The van der Waals surface area contributed by atoms with Crippen molar-refractivity contribution in [3.05, 3.63) is 11.6 Å². The van der Waals surface area contributed by atoms with Crippen molar-refractivity contribution in [3.63, 3.8) is 0 Å². The maximum absolute atomic E-state index is 12.5. The smallest absolute Gasteiger partial charge is 0.306 e. The second-order valence-electron chi connectivity index (χ2n) is 15.1. The number of carbonyl (C=O) groups excluding carboxylic acids is 2. The molecule has 0 bridgehead atoms. The zero-order valence-electron chi connectivity index (χ0n) is 26.3. The molecule has 0 heterocycles. The molecule has 0 aromatic carbocycles. The van der Waals surface area contributed by atoms with Gasteiger partial charge in [0.15, 0.2) is 0 Å². The zero-order valence-corrected chi connectivity index (χ0v) is 26.3. The van der Waals surface area contributed by atoms with Crippen molar-refractivity contribution in [3.8, 4) is 0 Å². The summed E-state index contributed by atoms with van der Waals surface area (Å²) in [4.78, 5) is 23.0. The van der Waals surface area contributed by atoms with E-state index in [1.807, 2.05) is 0 Å². The lowest BCUT2D eigenvalue weighted by Crippen LogP contribution is -2.51. The summed E-state index contributed by atoms with van der Waals surface area (Å²) in [6, 6.07) is 0. The quantitative estimate of drug-likeness (QED) is 0.101. The summed E-state index contributed by atoms with van der Waals surface area (Å²) in [5.41, 5.74) is 2.43. The fraction of sp³-hybridized carbons (Fsp3) is 0.889. The van der Waals surface area contributed by atoms with E-state index < -0.39 is 0 Å². The van der Waals surface area contributed by atoms with E-state index in [4.69, 9.17) is 4.74 Å². The summed E-state index contributed by atoms with van der Waals surface area (Å²) < 4.78 is 5.97. The number of unbranched alkanes of at least 4 members (excludes halogenated alkanes) is 3. The molecule has 0 aliphatic heterocycles. The maximum atomic E-state index is 12.5. The summed E-state index contributed by atoms with van der Waals surface area (Å²) in [6.45, 7) is 15.1. The Morgan fingerprint density at radius 2 is 1.82 bits per heavy atom. The molecule has 3 heteroatoms.